The van der Waals surface area contributed by atoms with Gasteiger partial charge in [0.05, 0.1) is 10.8 Å². The van der Waals surface area contributed by atoms with Crippen molar-refractivity contribution < 1.29 is 18.0 Å². The van der Waals surface area contributed by atoms with Crippen LogP contribution in [0.25, 0.3) is 21.2 Å². The van der Waals surface area contributed by atoms with Gasteiger partial charge in [-0.2, -0.15) is 13.2 Å². The van der Waals surface area contributed by atoms with Gasteiger partial charge in [-0.05, 0) is 41.3 Å². The van der Waals surface area contributed by atoms with Gasteiger partial charge in [0, 0.05) is 18.0 Å². The summed E-state index contributed by atoms with van der Waals surface area (Å²) in [7, 11) is 0. The standard InChI is InChI=1S/C21H18F3NOS/c22-21(23,24)15-7-4-12-25(13-15)20(26)19-11-10-18(27-19)17-9-3-6-14-5-1-2-8-16(14)17/h1-3,5-6,8-11,15H,4,7,12-13H2/t15-/m1/s1. The first-order valence-electron chi connectivity index (χ1n) is 8.87. The van der Waals surface area contributed by atoms with E-state index in [1.165, 1.54) is 16.2 Å². The highest BCUT2D eigenvalue weighted by Crippen LogP contribution is 2.36. The Morgan fingerprint density at radius 2 is 1.81 bits per heavy atom. The minimum atomic E-state index is -4.25. The van der Waals surface area contributed by atoms with E-state index < -0.39 is 12.1 Å². The first-order valence-corrected chi connectivity index (χ1v) is 9.69. The highest BCUT2D eigenvalue weighted by molar-refractivity contribution is 7.17. The number of benzene rings is 2. The van der Waals surface area contributed by atoms with Gasteiger partial charge < -0.3 is 4.90 Å². The van der Waals surface area contributed by atoms with Crippen molar-refractivity contribution >= 4 is 28.0 Å². The number of carbonyl (C=O) groups excluding carboxylic acids is 1. The first-order chi connectivity index (χ1) is 12.9. The average Bonchev–Trinajstić information content (AvgIpc) is 3.16. The van der Waals surface area contributed by atoms with Gasteiger partial charge in [-0.1, -0.05) is 42.5 Å². The predicted octanol–water partition coefficient (Wildman–Crippen LogP) is 5.98. The molecule has 6 heteroatoms. The highest BCUT2D eigenvalue weighted by atomic mass is 32.1. The van der Waals surface area contributed by atoms with Gasteiger partial charge >= 0.3 is 6.18 Å². The van der Waals surface area contributed by atoms with Crippen LogP contribution in [0.15, 0.2) is 54.6 Å². The van der Waals surface area contributed by atoms with Crippen molar-refractivity contribution in [2.45, 2.75) is 19.0 Å². The Hall–Kier alpha value is -2.34. The maximum absolute atomic E-state index is 13.0. The van der Waals surface area contributed by atoms with Crippen LogP contribution in [0.4, 0.5) is 13.2 Å². The molecular weight excluding hydrogens is 371 g/mol. The molecule has 1 saturated heterocycles. The molecular formula is C21H18F3NOS. The number of piperidine rings is 1. The molecule has 1 aliphatic heterocycles. The number of rotatable bonds is 2. The van der Waals surface area contributed by atoms with Gasteiger partial charge in [-0.15, -0.1) is 11.3 Å². The summed E-state index contributed by atoms with van der Waals surface area (Å²) in [5.41, 5.74) is 1.03. The normalized spacial score (nSPS) is 18.0. The second-order valence-corrected chi connectivity index (χ2v) is 7.91. The van der Waals surface area contributed by atoms with Crippen LogP contribution in [0.2, 0.25) is 0 Å². The van der Waals surface area contributed by atoms with E-state index in [0.29, 0.717) is 17.8 Å². The molecule has 2 aromatic carbocycles. The summed E-state index contributed by atoms with van der Waals surface area (Å²) < 4.78 is 39.1. The summed E-state index contributed by atoms with van der Waals surface area (Å²) in [6.45, 7) is 0.136. The zero-order valence-electron chi connectivity index (χ0n) is 14.5. The number of hydrogen-bond acceptors (Lipinski definition) is 2. The molecule has 0 unspecified atom stereocenters. The maximum atomic E-state index is 13.0. The van der Waals surface area contributed by atoms with Crippen LogP contribution in [0.1, 0.15) is 22.5 Å². The van der Waals surface area contributed by atoms with Gasteiger partial charge in [0.1, 0.15) is 0 Å². The molecule has 3 aromatic rings. The number of hydrogen-bond donors (Lipinski definition) is 0. The van der Waals surface area contributed by atoms with Gasteiger partial charge in [-0.25, -0.2) is 0 Å². The Morgan fingerprint density at radius 3 is 2.63 bits per heavy atom. The van der Waals surface area contributed by atoms with E-state index in [4.69, 9.17) is 0 Å². The monoisotopic (exact) mass is 389 g/mol. The Balaban J connectivity index is 1.60. The molecule has 1 aromatic heterocycles. The highest BCUT2D eigenvalue weighted by Gasteiger charge is 2.42. The average molecular weight is 389 g/mol. The number of carbonyl (C=O) groups is 1. The number of halogens is 3. The molecule has 2 nitrogen and oxygen atoms in total. The third kappa shape index (κ3) is 3.58. The molecule has 0 radical (unpaired) electrons. The van der Waals surface area contributed by atoms with E-state index in [2.05, 4.69) is 0 Å². The molecule has 0 saturated carbocycles. The van der Waals surface area contributed by atoms with Crippen molar-refractivity contribution in [3.05, 3.63) is 59.5 Å². The van der Waals surface area contributed by atoms with Crippen LogP contribution in [0.5, 0.6) is 0 Å². The quantitative estimate of drug-likeness (QED) is 0.528. The van der Waals surface area contributed by atoms with E-state index in [1.54, 1.807) is 6.07 Å². The molecule has 0 bridgehead atoms. The summed E-state index contributed by atoms with van der Waals surface area (Å²) in [6, 6.07) is 17.6. The van der Waals surface area contributed by atoms with Gasteiger partial charge in [-0.3, -0.25) is 4.79 Å². The molecule has 2 heterocycles. The van der Waals surface area contributed by atoms with Gasteiger partial charge in [0.2, 0.25) is 0 Å². The molecule has 0 spiro atoms. The van der Waals surface area contributed by atoms with Crippen LogP contribution in [0, 0.1) is 5.92 Å². The summed E-state index contributed by atoms with van der Waals surface area (Å²) >= 11 is 1.34. The number of nitrogens with zero attached hydrogens (tertiary/aromatic N) is 1. The SMILES string of the molecule is O=C(c1ccc(-c2cccc3ccccc23)s1)N1CCC[C@@H](C(F)(F)F)C1. The van der Waals surface area contributed by atoms with Crippen LogP contribution < -0.4 is 0 Å². The van der Waals surface area contributed by atoms with Crippen molar-refractivity contribution in [2.75, 3.05) is 13.1 Å². The molecule has 0 N–H and O–H groups in total. The zero-order chi connectivity index (χ0) is 19.0. The molecule has 27 heavy (non-hydrogen) atoms. The largest absolute Gasteiger partial charge is 0.393 e. The molecule has 0 aliphatic carbocycles. The number of thiophene rings is 1. The Labute approximate surface area is 159 Å². The van der Waals surface area contributed by atoms with Crippen molar-refractivity contribution in [3.63, 3.8) is 0 Å². The number of amides is 1. The molecule has 1 aliphatic rings. The number of likely N-dealkylation sites (tertiary alicyclic amines) is 1. The van der Waals surface area contributed by atoms with Gasteiger partial charge in [0.15, 0.2) is 0 Å². The smallest absolute Gasteiger partial charge is 0.337 e. The molecule has 4 rings (SSSR count). The topological polar surface area (TPSA) is 20.3 Å². The zero-order valence-corrected chi connectivity index (χ0v) is 15.3. The Bertz CT molecular complexity index is 973. The fourth-order valence-corrected chi connectivity index (χ4v) is 4.64. The summed E-state index contributed by atoms with van der Waals surface area (Å²) in [5, 5.41) is 2.20. The van der Waals surface area contributed by atoms with E-state index in [1.807, 2.05) is 48.5 Å². The van der Waals surface area contributed by atoms with Crippen molar-refractivity contribution in [2.24, 2.45) is 5.92 Å². The minimum absolute atomic E-state index is 0.0962. The lowest BCUT2D eigenvalue weighted by Crippen LogP contribution is -2.44. The van der Waals surface area contributed by atoms with Crippen LogP contribution >= 0.6 is 11.3 Å². The lowest BCUT2D eigenvalue weighted by Gasteiger charge is -2.33. The van der Waals surface area contributed by atoms with E-state index in [9.17, 15) is 18.0 Å². The molecule has 140 valence electrons. The van der Waals surface area contributed by atoms with Gasteiger partial charge in [0.25, 0.3) is 5.91 Å². The minimum Gasteiger partial charge on any atom is -0.337 e. The lowest BCUT2D eigenvalue weighted by molar-refractivity contribution is -0.184. The third-order valence-electron chi connectivity index (χ3n) is 5.04. The Morgan fingerprint density at radius 1 is 1.04 bits per heavy atom. The van der Waals surface area contributed by atoms with Crippen molar-refractivity contribution in [1.82, 2.24) is 4.90 Å². The number of fused-ring (bicyclic) bond motifs is 1. The van der Waals surface area contributed by atoms with Crippen molar-refractivity contribution in [3.8, 4) is 10.4 Å². The summed E-state index contributed by atoms with van der Waals surface area (Å²) in [6.07, 6.45) is -3.76. The van der Waals surface area contributed by atoms with Crippen LogP contribution in [-0.2, 0) is 0 Å². The lowest BCUT2D eigenvalue weighted by atomic mass is 9.97. The summed E-state index contributed by atoms with van der Waals surface area (Å²) in [4.78, 5) is 15.5. The fraction of sp³-hybridized carbons (Fsp3) is 0.286. The van der Waals surface area contributed by atoms with E-state index in [-0.39, 0.29) is 18.9 Å². The molecule has 1 amide bonds. The predicted molar refractivity (Wildman–Crippen MR) is 102 cm³/mol. The fourth-order valence-electron chi connectivity index (χ4n) is 3.62. The second-order valence-electron chi connectivity index (χ2n) is 6.82. The Kier molecular flexibility index (Phi) is 4.68. The molecule has 1 atom stereocenters. The molecule has 1 fully saturated rings. The second kappa shape index (κ2) is 7.00. The third-order valence-corrected chi connectivity index (χ3v) is 6.15. The van der Waals surface area contributed by atoms with Crippen molar-refractivity contribution in [1.29, 1.82) is 0 Å². The maximum Gasteiger partial charge on any atom is 0.393 e. The number of alkyl halides is 3. The van der Waals surface area contributed by atoms with E-state index in [0.717, 1.165) is 21.2 Å². The summed E-state index contributed by atoms with van der Waals surface area (Å²) in [5.74, 6) is -1.73. The van der Waals surface area contributed by atoms with E-state index >= 15 is 0 Å². The van der Waals surface area contributed by atoms with Crippen LogP contribution in [0.3, 0.4) is 0 Å². The first kappa shape index (κ1) is 18.0. The van der Waals surface area contributed by atoms with Crippen LogP contribution in [-0.4, -0.2) is 30.1 Å².